The third-order valence-corrected chi connectivity index (χ3v) is 7.88. The summed E-state index contributed by atoms with van der Waals surface area (Å²) in [7, 11) is -2.18. The highest BCUT2D eigenvalue weighted by molar-refractivity contribution is 7.89. The second-order valence-corrected chi connectivity index (χ2v) is 10.1. The first kappa shape index (κ1) is 24.2. The fraction of sp³-hybridized carbons (Fsp3) is 0.478. The topological polar surface area (TPSA) is 100 Å². The van der Waals surface area contributed by atoms with Gasteiger partial charge in [0, 0.05) is 44.4 Å². The van der Waals surface area contributed by atoms with Crippen LogP contribution in [0.2, 0.25) is 0 Å². The van der Waals surface area contributed by atoms with E-state index in [0.717, 1.165) is 11.1 Å². The summed E-state index contributed by atoms with van der Waals surface area (Å²) in [5.74, 6) is 0.00813. The van der Waals surface area contributed by atoms with E-state index in [2.05, 4.69) is 4.98 Å². The maximum absolute atomic E-state index is 13.5. The highest BCUT2D eigenvalue weighted by atomic mass is 32.2. The molecule has 8 nitrogen and oxygen atoms in total. The Morgan fingerprint density at radius 1 is 1.28 bits per heavy atom. The van der Waals surface area contributed by atoms with Crippen molar-refractivity contribution in [3.63, 3.8) is 0 Å². The van der Waals surface area contributed by atoms with Gasteiger partial charge in [-0.1, -0.05) is 19.9 Å². The van der Waals surface area contributed by atoms with Crippen molar-refractivity contribution in [3.8, 4) is 16.9 Å². The summed E-state index contributed by atoms with van der Waals surface area (Å²) in [6, 6.07) is 8.09. The number of likely N-dealkylation sites (N-methyl/N-ethyl adjacent to an activating group) is 1. The molecule has 0 saturated heterocycles. The summed E-state index contributed by atoms with van der Waals surface area (Å²) in [5, 5.41) is 9.73. The minimum absolute atomic E-state index is 0.0122. The first-order valence-corrected chi connectivity index (χ1v) is 12.2. The molecule has 1 aromatic heterocycles. The van der Waals surface area contributed by atoms with Gasteiger partial charge in [-0.05, 0) is 42.3 Å². The lowest BCUT2D eigenvalue weighted by Gasteiger charge is -2.37. The summed E-state index contributed by atoms with van der Waals surface area (Å²) in [5.41, 5.74) is 1.68. The highest BCUT2D eigenvalue weighted by Gasteiger charge is 2.38. The van der Waals surface area contributed by atoms with Gasteiger partial charge in [0.2, 0.25) is 15.9 Å². The number of aliphatic hydroxyl groups is 1. The van der Waals surface area contributed by atoms with Crippen LogP contribution in [0.1, 0.15) is 27.2 Å². The van der Waals surface area contributed by atoms with Crippen molar-refractivity contribution in [1.82, 2.24) is 14.2 Å². The van der Waals surface area contributed by atoms with E-state index in [0.29, 0.717) is 13.0 Å². The van der Waals surface area contributed by atoms with Crippen molar-refractivity contribution in [1.29, 1.82) is 0 Å². The normalized spacial score (nSPS) is 21.5. The molecule has 1 amide bonds. The Kier molecular flexibility index (Phi) is 7.53. The molecule has 0 radical (unpaired) electrons. The Bertz CT molecular complexity index is 1040. The summed E-state index contributed by atoms with van der Waals surface area (Å²) in [6.07, 6.45) is 3.29. The number of carbonyl (C=O) groups is 1. The number of pyridine rings is 1. The first-order chi connectivity index (χ1) is 15.2. The van der Waals surface area contributed by atoms with Crippen LogP contribution in [0.4, 0.5) is 0 Å². The van der Waals surface area contributed by atoms with Gasteiger partial charge in [0.15, 0.2) is 0 Å². The molecule has 1 aliphatic rings. The second kappa shape index (κ2) is 9.97. The molecule has 0 bridgehead atoms. The van der Waals surface area contributed by atoms with Gasteiger partial charge >= 0.3 is 0 Å². The van der Waals surface area contributed by atoms with Crippen molar-refractivity contribution < 1.29 is 23.1 Å². The zero-order valence-electron chi connectivity index (χ0n) is 18.9. The van der Waals surface area contributed by atoms with Gasteiger partial charge in [-0.25, -0.2) is 8.42 Å². The number of aliphatic hydroxyl groups excluding tert-OH is 1. The lowest BCUT2D eigenvalue weighted by Crippen LogP contribution is -2.50. The fourth-order valence-electron chi connectivity index (χ4n) is 3.81. The van der Waals surface area contributed by atoms with Gasteiger partial charge in [-0.3, -0.25) is 9.78 Å². The van der Waals surface area contributed by atoms with Crippen molar-refractivity contribution in [2.24, 2.45) is 5.92 Å². The van der Waals surface area contributed by atoms with Gasteiger partial charge in [0.05, 0.1) is 13.2 Å². The molecular formula is C23H31N3O5S. The van der Waals surface area contributed by atoms with Crippen LogP contribution in [-0.4, -0.2) is 72.5 Å². The van der Waals surface area contributed by atoms with Crippen LogP contribution in [0.15, 0.2) is 47.6 Å². The minimum Gasteiger partial charge on any atom is -0.487 e. The van der Waals surface area contributed by atoms with E-state index >= 15 is 0 Å². The Balaban J connectivity index is 2.11. The van der Waals surface area contributed by atoms with Crippen LogP contribution >= 0.6 is 0 Å². The Labute approximate surface area is 189 Å². The number of benzene rings is 1. The molecule has 0 fully saturated rings. The molecule has 0 spiro atoms. The van der Waals surface area contributed by atoms with Crippen LogP contribution in [-0.2, 0) is 14.8 Å². The lowest BCUT2D eigenvalue weighted by atomic mass is 10.0. The van der Waals surface area contributed by atoms with Crippen molar-refractivity contribution >= 4 is 15.9 Å². The number of sulfonamides is 1. The molecule has 0 saturated carbocycles. The number of rotatable bonds is 6. The van der Waals surface area contributed by atoms with E-state index in [9.17, 15) is 18.3 Å². The van der Waals surface area contributed by atoms with E-state index in [-0.39, 0.29) is 35.6 Å². The molecule has 3 rings (SSSR count). The molecule has 2 aromatic rings. The van der Waals surface area contributed by atoms with E-state index in [1.807, 2.05) is 19.1 Å². The molecule has 32 heavy (non-hydrogen) atoms. The molecule has 0 aliphatic carbocycles. The fourth-order valence-corrected chi connectivity index (χ4v) is 5.63. The van der Waals surface area contributed by atoms with Crippen molar-refractivity contribution in [3.05, 3.63) is 42.7 Å². The maximum atomic E-state index is 13.5. The quantitative estimate of drug-likeness (QED) is 0.709. The summed E-state index contributed by atoms with van der Waals surface area (Å²) in [6.45, 7) is 5.59. The van der Waals surface area contributed by atoms with Gasteiger partial charge in [-0.2, -0.15) is 4.31 Å². The first-order valence-electron chi connectivity index (χ1n) is 10.8. The largest absolute Gasteiger partial charge is 0.487 e. The third-order valence-electron chi connectivity index (χ3n) is 5.86. The Morgan fingerprint density at radius 2 is 1.97 bits per heavy atom. The number of hydrogen-bond donors (Lipinski definition) is 1. The molecule has 9 heteroatoms. The van der Waals surface area contributed by atoms with Crippen LogP contribution in [0, 0.1) is 5.92 Å². The molecule has 1 aliphatic heterocycles. The molecule has 0 unspecified atom stereocenters. The van der Waals surface area contributed by atoms with E-state index in [1.165, 1.54) is 4.31 Å². The maximum Gasteiger partial charge on any atom is 0.247 e. The summed E-state index contributed by atoms with van der Waals surface area (Å²) < 4.78 is 34.7. The predicted octanol–water partition coefficient (Wildman–Crippen LogP) is 2.39. The third kappa shape index (κ3) is 4.95. The van der Waals surface area contributed by atoms with Gasteiger partial charge in [-0.15, -0.1) is 0 Å². The number of ether oxygens (including phenoxy) is 1. The zero-order chi connectivity index (χ0) is 23.5. The van der Waals surface area contributed by atoms with Crippen LogP contribution < -0.4 is 4.74 Å². The smallest absolute Gasteiger partial charge is 0.247 e. The number of aromatic nitrogens is 1. The average molecular weight is 462 g/mol. The van der Waals surface area contributed by atoms with Crippen LogP contribution in [0.5, 0.6) is 5.75 Å². The van der Waals surface area contributed by atoms with E-state index < -0.39 is 22.2 Å². The monoisotopic (exact) mass is 461 g/mol. The van der Waals surface area contributed by atoms with E-state index in [4.69, 9.17) is 4.74 Å². The van der Waals surface area contributed by atoms with Crippen molar-refractivity contribution in [2.45, 2.75) is 44.2 Å². The van der Waals surface area contributed by atoms with Gasteiger partial charge < -0.3 is 14.7 Å². The van der Waals surface area contributed by atoms with Gasteiger partial charge in [0.1, 0.15) is 16.7 Å². The number of hydrogen-bond acceptors (Lipinski definition) is 6. The van der Waals surface area contributed by atoms with Crippen LogP contribution in [0.25, 0.3) is 11.1 Å². The van der Waals surface area contributed by atoms with E-state index in [1.54, 1.807) is 56.4 Å². The SMILES string of the molecule is CCC(=O)N(C)C[C@@H]1Oc2cc(-c3ccncc3)ccc2S(=O)(=O)N([C@H](C)CO)C[C@H]1C. The van der Waals surface area contributed by atoms with Crippen molar-refractivity contribution in [2.75, 3.05) is 26.7 Å². The number of amides is 1. The number of fused-ring (bicyclic) bond motifs is 1. The minimum atomic E-state index is -3.90. The van der Waals surface area contributed by atoms with Gasteiger partial charge in [0.25, 0.3) is 0 Å². The predicted molar refractivity (Wildman–Crippen MR) is 122 cm³/mol. The Morgan fingerprint density at radius 3 is 2.59 bits per heavy atom. The molecule has 2 heterocycles. The standard InChI is InChI=1S/C23H31N3O5S/c1-5-23(28)25(4)14-21-16(2)13-26(17(3)15-27)32(29,30)22-7-6-19(12-20(22)31-21)18-8-10-24-11-9-18/h6-12,16-17,21,27H,5,13-15H2,1-4H3/t16-,17-,21+/m1/s1. The average Bonchev–Trinajstić information content (AvgIpc) is 2.80. The zero-order valence-corrected chi connectivity index (χ0v) is 19.7. The number of nitrogens with zero attached hydrogens (tertiary/aromatic N) is 3. The van der Waals surface area contributed by atoms with Crippen LogP contribution in [0.3, 0.4) is 0 Å². The molecule has 174 valence electrons. The Hall–Kier alpha value is -2.49. The molecule has 3 atom stereocenters. The molecular weight excluding hydrogens is 430 g/mol. The molecule has 1 aromatic carbocycles. The number of carbonyl (C=O) groups excluding carboxylic acids is 1. The summed E-state index contributed by atoms with van der Waals surface area (Å²) in [4.78, 5) is 17.9. The lowest BCUT2D eigenvalue weighted by molar-refractivity contribution is -0.131. The summed E-state index contributed by atoms with van der Waals surface area (Å²) >= 11 is 0. The molecule has 1 N–H and O–H groups in total. The second-order valence-electron chi connectivity index (χ2n) is 8.27. The highest BCUT2D eigenvalue weighted by Crippen LogP contribution is 2.36.